The number of nitrogens with zero attached hydrogens (tertiary/aromatic N) is 3. The van der Waals surface area contributed by atoms with Crippen LogP contribution in [0.3, 0.4) is 0 Å². The lowest BCUT2D eigenvalue weighted by atomic mass is 10.0. The zero-order valence-electron chi connectivity index (χ0n) is 17.1. The molecule has 0 aliphatic rings. The van der Waals surface area contributed by atoms with Crippen LogP contribution in [-0.2, 0) is 0 Å². The van der Waals surface area contributed by atoms with Gasteiger partial charge in [-0.3, -0.25) is 4.57 Å². The van der Waals surface area contributed by atoms with Gasteiger partial charge < -0.3 is 4.90 Å². The van der Waals surface area contributed by atoms with Crippen LogP contribution in [0.15, 0.2) is 53.3 Å². The Bertz CT molecular complexity index is 980. The number of aromatic nitrogens is 2. The first-order chi connectivity index (χ1) is 12.8. The topological polar surface area (TPSA) is 38.1 Å². The van der Waals surface area contributed by atoms with Crippen molar-refractivity contribution in [2.45, 2.75) is 59.7 Å². The first-order valence-electron chi connectivity index (χ1n) is 9.71. The van der Waals surface area contributed by atoms with Gasteiger partial charge in [0.15, 0.2) is 0 Å². The fourth-order valence-corrected chi connectivity index (χ4v) is 3.90. The molecule has 0 fully saturated rings. The average Bonchev–Trinajstić information content (AvgIpc) is 2.61. The van der Waals surface area contributed by atoms with Crippen LogP contribution in [0.1, 0.15) is 47.6 Å². The minimum Gasteiger partial charge on any atom is -0.367 e. The second-order valence-corrected chi connectivity index (χ2v) is 7.87. The highest BCUT2D eigenvalue weighted by Crippen LogP contribution is 2.31. The summed E-state index contributed by atoms with van der Waals surface area (Å²) >= 11 is 0. The fourth-order valence-electron chi connectivity index (χ4n) is 3.90. The third-order valence-corrected chi connectivity index (χ3v) is 4.88. The number of hydrogen-bond donors (Lipinski definition) is 0. The molecule has 0 saturated carbocycles. The Morgan fingerprint density at radius 2 is 1.52 bits per heavy atom. The highest BCUT2D eigenvalue weighted by Gasteiger charge is 2.18. The fraction of sp³-hybridized carbons (Fsp3) is 0.391. The maximum absolute atomic E-state index is 12.7. The molecule has 1 aromatic heterocycles. The molecule has 0 N–H and O–H groups in total. The zero-order chi connectivity index (χ0) is 19.7. The summed E-state index contributed by atoms with van der Waals surface area (Å²) in [5.41, 5.74) is 3.60. The normalized spacial score (nSPS) is 11.7. The molecule has 0 spiro atoms. The van der Waals surface area contributed by atoms with E-state index in [2.05, 4.69) is 55.8 Å². The molecule has 3 rings (SSSR count). The molecule has 0 bridgehead atoms. The van der Waals surface area contributed by atoms with Crippen molar-refractivity contribution in [3.05, 3.63) is 59.0 Å². The Balaban J connectivity index is 2.36. The van der Waals surface area contributed by atoms with Crippen LogP contribution < -0.4 is 10.6 Å². The highest BCUT2D eigenvalue weighted by molar-refractivity contribution is 5.94. The smallest absolute Gasteiger partial charge is 0.348 e. The summed E-state index contributed by atoms with van der Waals surface area (Å²) in [6.07, 6.45) is 0. The largest absolute Gasteiger partial charge is 0.367 e. The second-order valence-electron chi connectivity index (χ2n) is 7.87. The Kier molecular flexibility index (Phi) is 5.36. The van der Waals surface area contributed by atoms with Crippen LogP contribution in [0.4, 0.5) is 5.69 Å². The van der Waals surface area contributed by atoms with E-state index in [1.54, 1.807) is 4.57 Å². The van der Waals surface area contributed by atoms with Crippen LogP contribution in [0.2, 0.25) is 0 Å². The van der Waals surface area contributed by atoms with Crippen LogP contribution in [-0.4, -0.2) is 21.6 Å². The lowest BCUT2D eigenvalue weighted by Crippen LogP contribution is -2.37. The minimum atomic E-state index is -0.200. The lowest BCUT2D eigenvalue weighted by Gasteiger charge is -2.33. The third kappa shape index (κ3) is 3.61. The first-order valence-corrected chi connectivity index (χ1v) is 9.71. The van der Waals surface area contributed by atoms with Crippen molar-refractivity contribution in [3.63, 3.8) is 0 Å². The maximum Gasteiger partial charge on any atom is 0.348 e. The van der Waals surface area contributed by atoms with Crippen molar-refractivity contribution < 1.29 is 0 Å². The quantitative estimate of drug-likeness (QED) is 0.620. The van der Waals surface area contributed by atoms with Gasteiger partial charge in [-0.25, -0.2) is 4.79 Å². The molecular weight excluding hydrogens is 334 g/mol. The molecule has 4 nitrogen and oxygen atoms in total. The molecule has 0 aliphatic heterocycles. The van der Waals surface area contributed by atoms with Gasteiger partial charge in [-0.15, -0.1) is 0 Å². The highest BCUT2D eigenvalue weighted by atomic mass is 16.1. The SMILES string of the molecule is CC(C)N(c1ccc2c(c1)c(-c1ccccc1)nc(=O)n2C(C)C)C(C)C. The number of benzene rings is 2. The molecule has 27 heavy (non-hydrogen) atoms. The van der Waals surface area contributed by atoms with Crippen LogP contribution >= 0.6 is 0 Å². The Hall–Kier alpha value is -2.62. The molecule has 0 aliphatic carbocycles. The molecule has 0 amide bonds. The van der Waals surface area contributed by atoms with Gasteiger partial charge in [-0.05, 0) is 59.7 Å². The van der Waals surface area contributed by atoms with Crippen LogP contribution in [0, 0.1) is 0 Å². The van der Waals surface area contributed by atoms with E-state index in [9.17, 15) is 4.79 Å². The van der Waals surface area contributed by atoms with Gasteiger partial charge in [0.2, 0.25) is 0 Å². The number of fused-ring (bicyclic) bond motifs is 1. The summed E-state index contributed by atoms with van der Waals surface area (Å²) in [5.74, 6) is 0. The summed E-state index contributed by atoms with van der Waals surface area (Å²) in [4.78, 5) is 19.6. The molecule has 0 unspecified atom stereocenters. The van der Waals surface area contributed by atoms with Crippen molar-refractivity contribution in [1.29, 1.82) is 0 Å². The Labute approximate surface area is 161 Å². The third-order valence-electron chi connectivity index (χ3n) is 4.88. The van der Waals surface area contributed by atoms with Gasteiger partial charge in [0.25, 0.3) is 0 Å². The molecule has 0 radical (unpaired) electrons. The standard InChI is InChI=1S/C23H29N3O/c1-15(2)25(16(3)4)19-12-13-21-20(14-19)22(18-10-8-7-9-11-18)24-23(27)26(21)17(5)6/h7-17H,1-6H3. The lowest BCUT2D eigenvalue weighted by molar-refractivity contribution is 0.586. The number of anilines is 1. The van der Waals surface area contributed by atoms with E-state index in [1.165, 1.54) is 0 Å². The van der Waals surface area contributed by atoms with Crippen molar-refractivity contribution >= 4 is 16.6 Å². The van der Waals surface area contributed by atoms with E-state index in [1.807, 2.05) is 44.2 Å². The maximum atomic E-state index is 12.7. The van der Waals surface area contributed by atoms with Gasteiger partial charge in [-0.1, -0.05) is 30.3 Å². The van der Waals surface area contributed by atoms with E-state index in [0.717, 1.165) is 27.8 Å². The van der Waals surface area contributed by atoms with Crippen molar-refractivity contribution in [2.24, 2.45) is 0 Å². The van der Waals surface area contributed by atoms with Crippen molar-refractivity contribution in [2.75, 3.05) is 4.90 Å². The minimum absolute atomic E-state index is 0.0504. The van der Waals surface area contributed by atoms with E-state index in [-0.39, 0.29) is 11.7 Å². The number of rotatable bonds is 5. The second kappa shape index (κ2) is 7.55. The molecule has 2 aromatic carbocycles. The molecule has 1 heterocycles. The first kappa shape index (κ1) is 19.2. The van der Waals surface area contributed by atoms with E-state index in [0.29, 0.717) is 12.1 Å². The molecule has 0 saturated heterocycles. The predicted molar refractivity (Wildman–Crippen MR) is 115 cm³/mol. The van der Waals surface area contributed by atoms with Crippen molar-refractivity contribution in [1.82, 2.24) is 9.55 Å². The predicted octanol–water partition coefficient (Wildman–Crippen LogP) is 5.27. The summed E-state index contributed by atoms with van der Waals surface area (Å²) in [6.45, 7) is 12.9. The summed E-state index contributed by atoms with van der Waals surface area (Å²) in [7, 11) is 0. The average molecular weight is 364 g/mol. The molecule has 4 heteroatoms. The van der Waals surface area contributed by atoms with Crippen LogP contribution in [0.25, 0.3) is 22.2 Å². The van der Waals surface area contributed by atoms with E-state index < -0.39 is 0 Å². The van der Waals surface area contributed by atoms with E-state index >= 15 is 0 Å². The van der Waals surface area contributed by atoms with Gasteiger partial charge in [0.1, 0.15) is 0 Å². The molecule has 142 valence electrons. The molecule has 3 aromatic rings. The zero-order valence-corrected chi connectivity index (χ0v) is 17.1. The Morgan fingerprint density at radius 1 is 0.889 bits per heavy atom. The number of hydrogen-bond acceptors (Lipinski definition) is 3. The summed E-state index contributed by atoms with van der Waals surface area (Å²) < 4.78 is 1.78. The summed E-state index contributed by atoms with van der Waals surface area (Å²) in [5, 5.41) is 1.01. The van der Waals surface area contributed by atoms with Gasteiger partial charge >= 0.3 is 5.69 Å². The van der Waals surface area contributed by atoms with Crippen LogP contribution in [0.5, 0.6) is 0 Å². The molecular formula is C23H29N3O. The van der Waals surface area contributed by atoms with Crippen molar-refractivity contribution in [3.8, 4) is 11.3 Å². The molecule has 0 atom stereocenters. The van der Waals surface area contributed by atoms with Gasteiger partial charge in [0.05, 0.1) is 11.2 Å². The summed E-state index contributed by atoms with van der Waals surface area (Å²) in [6, 6.07) is 17.1. The van der Waals surface area contributed by atoms with Gasteiger partial charge in [0, 0.05) is 34.8 Å². The van der Waals surface area contributed by atoms with E-state index in [4.69, 9.17) is 0 Å². The monoisotopic (exact) mass is 363 g/mol. The Morgan fingerprint density at radius 3 is 2.07 bits per heavy atom. The van der Waals surface area contributed by atoms with Gasteiger partial charge in [-0.2, -0.15) is 4.98 Å².